The van der Waals surface area contributed by atoms with Gasteiger partial charge in [0.1, 0.15) is 0 Å². The maximum atomic E-state index is 12.3. The second kappa shape index (κ2) is 10.5. The highest BCUT2D eigenvalue weighted by atomic mass is 79.9. The summed E-state index contributed by atoms with van der Waals surface area (Å²) in [6, 6.07) is 49.6. The molecule has 0 fully saturated rings. The molecule has 0 amide bonds. The third-order valence-electron chi connectivity index (χ3n) is 9.39. The first-order valence-corrected chi connectivity index (χ1v) is 16.4. The third-order valence-corrected chi connectivity index (χ3v) is 10.6. The van der Waals surface area contributed by atoms with Crippen LogP contribution >= 0.6 is 27.5 Å². The maximum absolute atomic E-state index is 12.3. The van der Waals surface area contributed by atoms with Gasteiger partial charge in [-0.3, -0.25) is 4.79 Å². The Morgan fingerprint density at radius 3 is 1.87 bits per heavy atom. The number of hydrogen-bond acceptors (Lipinski definition) is 1. The average molecular weight is 672 g/mol. The van der Waals surface area contributed by atoms with Crippen LogP contribution in [0.5, 0.6) is 0 Å². The lowest BCUT2D eigenvalue weighted by Gasteiger charge is -2.21. The van der Waals surface area contributed by atoms with Crippen molar-refractivity contribution in [2.45, 2.75) is 0 Å². The van der Waals surface area contributed by atoms with Crippen LogP contribution in [0.2, 0.25) is 5.02 Å². The van der Waals surface area contributed by atoms with E-state index in [9.17, 15) is 4.79 Å². The molecular formula is C43H24BrClO. The molecule has 3 heteroatoms. The van der Waals surface area contributed by atoms with Gasteiger partial charge in [0.25, 0.3) is 0 Å². The second-order valence-electron chi connectivity index (χ2n) is 11.8. The van der Waals surface area contributed by atoms with E-state index in [0.29, 0.717) is 10.6 Å². The Morgan fingerprint density at radius 1 is 0.478 bits per heavy atom. The van der Waals surface area contributed by atoms with Crippen LogP contribution in [0.1, 0.15) is 10.4 Å². The van der Waals surface area contributed by atoms with Crippen LogP contribution in [0.3, 0.4) is 0 Å². The predicted octanol–water partition coefficient (Wildman–Crippen LogP) is 13.0. The van der Waals surface area contributed by atoms with E-state index in [4.69, 9.17) is 11.6 Å². The van der Waals surface area contributed by atoms with E-state index in [1.165, 1.54) is 65.9 Å². The summed E-state index contributed by atoms with van der Waals surface area (Å²) in [6.45, 7) is 0. The lowest BCUT2D eigenvalue weighted by Crippen LogP contribution is -1.95. The minimum atomic E-state index is 0.513. The first kappa shape index (κ1) is 27.3. The average Bonchev–Trinajstić information content (AvgIpc) is 3.43. The molecule has 216 valence electrons. The molecule has 0 heterocycles. The van der Waals surface area contributed by atoms with Crippen molar-refractivity contribution in [2.24, 2.45) is 0 Å². The molecular weight excluding hydrogens is 648 g/mol. The fraction of sp³-hybridized carbons (Fsp3) is 0. The lowest BCUT2D eigenvalue weighted by atomic mass is 9.81. The summed E-state index contributed by atoms with van der Waals surface area (Å²) in [4.78, 5) is 12.3. The number of hydrogen-bond donors (Lipinski definition) is 0. The number of benzene rings is 8. The van der Waals surface area contributed by atoms with Gasteiger partial charge in [0.15, 0.2) is 6.29 Å². The molecule has 0 unspecified atom stereocenters. The van der Waals surface area contributed by atoms with Crippen molar-refractivity contribution in [3.8, 4) is 55.6 Å². The first-order chi connectivity index (χ1) is 22.6. The van der Waals surface area contributed by atoms with Gasteiger partial charge in [0, 0.05) is 10.0 Å². The van der Waals surface area contributed by atoms with Gasteiger partial charge in [-0.15, -0.1) is 0 Å². The Hall–Kier alpha value is -5.02. The fourth-order valence-corrected chi connectivity index (χ4v) is 8.00. The molecule has 0 saturated carbocycles. The highest BCUT2D eigenvalue weighted by molar-refractivity contribution is 9.10. The molecule has 0 atom stereocenters. The Morgan fingerprint density at radius 2 is 1.13 bits per heavy atom. The second-order valence-corrected chi connectivity index (χ2v) is 13.1. The molecule has 1 aliphatic carbocycles. The van der Waals surface area contributed by atoms with Crippen LogP contribution in [0.25, 0.3) is 88.0 Å². The van der Waals surface area contributed by atoms with Gasteiger partial charge >= 0.3 is 0 Å². The molecule has 0 radical (unpaired) electrons. The fourth-order valence-electron chi connectivity index (χ4n) is 7.48. The highest BCUT2D eigenvalue weighted by Gasteiger charge is 2.31. The quantitative estimate of drug-likeness (QED) is 0.134. The zero-order valence-electron chi connectivity index (χ0n) is 24.5. The standard InChI is InChI=1S/C43H24BrClO/c44-37-23-34(29(24-46)22-38(37)45)28-18-19-32-35(20-28)40(26-12-5-2-6-13-26)43-36-21-27-14-7-8-15-30(27)31-16-9-17-33(41(31)36)42(43)39(32)25-10-3-1-4-11-25/h1-24H. The summed E-state index contributed by atoms with van der Waals surface area (Å²) in [6.07, 6.45) is 0.885. The molecule has 0 aliphatic heterocycles. The van der Waals surface area contributed by atoms with Gasteiger partial charge in [-0.25, -0.2) is 0 Å². The zero-order chi connectivity index (χ0) is 30.9. The van der Waals surface area contributed by atoms with Crippen molar-refractivity contribution in [3.05, 3.63) is 155 Å². The molecule has 0 aromatic heterocycles. The van der Waals surface area contributed by atoms with Gasteiger partial charge in [0.2, 0.25) is 0 Å². The van der Waals surface area contributed by atoms with Crippen molar-refractivity contribution in [2.75, 3.05) is 0 Å². The molecule has 9 rings (SSSR count). The summed E-state index contributed by atoms with van der Waals surface area (Å²) >= 11 is 10.0. The van der Waals surface area contributed by atoms with E-state index >= 15 is 0 Å². The molecule has 0 N–H and O–H groups in total. The van der Waals surface area contributed by atoms with Crippen molar-refractivity contribution < 1.29 is 4.79 Å². The largest absolute Gasteiger partial charge is 0.298 e. The van der Waals surface area contributed by atoms with Crippen LogP contribution < -0.4 is 0 Å². The van der Waals surface area contributed by atoms with E-state index in [0.717, 1.165) is 32.8 Å². The van der Waals surface area contributed by atoms with Crippen LogP contribution in [-0.2, 0) is 0 Å². The zero-order valence-corrected chi connectivity index (χ0v) is 26.9. The number of fused-ring (bicyclic) bond motifs is 6. The Kier molecular flexibility index (Phi) is 6.25. The van der Waals surface area contributed by atoms with E-state index in [1.807, 2.05) is 6.07 Å². The predicted molar refractivity (Wildman–Crippen MR) is 198 cm³/mol. The minimum absolute atomic E-state index is 0.513. The summed E-state index contributed by atoms with van der Waals surface area (Å²) in [5.74, 6) is 0. The Labute approximate surface area is 279 Å². The van der Waals surface area contributed by atoms with Gasteiger partial charge < -0.3 is 0 Å². The maximum Gasteiger partial charge on any atom is 0.150 e. The Balaban J connectivity index is 1.51. The molecule has 0 saturated heterocycles. The normalized spacial score (nSPS) is 11.8. The topological polar surface area (TPSA) is 17.1 Å². The minimum Gasteiger partial charge on any atom is -0.298 e. The molecule has 46 heavy (non-hydrogen) atoms. The van der Waals surface area contributed by atoms with E-state index in [2.05, 4.69) is 143 Å². The summed E-state index contributed by atoms with van der Waals surface area (Å²) in [5, 5.41) is 7.88. The van der Waals surface area contributed by atoms with Crippen LogP contribution in [0.4, 0.5) is 0 Å². The van der Waals surface area contributed by atoms with Crippen LogP contribution in [-0.4, -0.2) is 6.29 Å². The number of halogens is 2. The summed E-state index contributed by atoms with van der Waals surface area (Å²) < 4.78 is 0.756. The molecule has 0 bridgehead atoms. The van der Waals surface area contributed by atoms with E-state index in [-0.39, 0.29) is 0 Å². The van der Waals surface area contributed by atoms with Crippen molar-refractivity contribution in [1.82, 2.24) is 0 Å². The molecule has 0 spiro atoms. The Bertz CT molecular complexity index is 2550. The van der Waals surface area contributed by atoms with E-state index < -0.39 is 0 Å². The number of rotatable bonds is 4. The number of aldehydes is 1. The number of carbonyl (C=O) groups is 1. The molecule has 8 aromatic carbocycles. The van der Waals surface area contributed by atoms with Crippen molar-refractivity contribution >= 4 is 66.1 Å². The monoisotopic (exact) mass is 670 g/mol. The number of carbonyl (C=O) groups excluding carboxylic acids is 1. The SMILES string of the molecule is O=Cc1cc(Cl)c(Br)cc1-c1ccc2c(-c3ccccc3)c3c(c(-c4ccccc4)c2c1)-c1cc2ccccc2c2cccc-3c12. The molecule has 1 nitrogen and oxygen atoms in total. The first-order valence-electron chi connectivity index (χ1n) is 15.3. The lowest BCUT2D eigenvalue weighted by molar-refractivity contribution is 0.112. The van der Waals surface area contributed by atoms with Crippen molar-refractivity contribution in [1.29, 1.82) is 0 Å². The highest BCUT2D eigenvalue weighted by Crippen LogP contribution is 2.58. The van der Waals surface area contributed by atoms with Gasteiger partial charge in [-0.05, 0) is 128 Å². The smallest absolute Gasteiger partial charge is 0.150 e. The summed E-state index contributed by atoms with van der Waals surface area (Å²) in [5.41, 5.74) is 12.1. The third kappa shape index (κ3) is 3.97. The molecule has 8 aromatic rings. The van der Waals surface area contributed by atoms with Crippen LogP contribution in [0.15, 0.2) is 144 Å². The van der Waals surface area contributed by atoms with Gasteiger partial charge in [0.05, 0.1) is 5.02 Å². The molecule has 1 aliphatic rings. The summed E-state index contributed by atoms with van der Waals surface area (Å²) in [7, 11) is 0. The van der Waals surface area contributed by atoms with E-state index in [1.54, 1.807) is 6.07 Å². The van der Waals surface area contributed by atoms with Gasteiger partial charge in [-0.2, -0.15) is 0 Å². The van der Waals surface area contributed by atoms with Crippen molar-refractivity contribution in [3.63, 3.8) is 0 Å². The van der Waals surface area contributed by atoms with Crippen LogP contribution in [0, 0.1) is 0 Å². The van der Waals surface area contributed by atoms with Gasteiger partial charge in [-0.1, -0.05) is 127 Å².